The van der Waals surface area contributed by atoms with Crippen molar-refractivity contribution in [3.05, 3.63) is 118 Å². The summed E-state index contributed by atoms with van der Waals surface area (Å²) in [5, 5.41) is 5.02. The number of hydrogen-bond acceptors (Lipinski definition) is 4. The summed E-state index contributed by atoms with van der Waals surface area (Å²) in [6, 6.07) is 19.5. The Bertz CT molecular complexity index is 2340. The SMILES string of the molecule is CN1/C(=C/C=C2\CCCC(/C=C/C3=[N+](C)c4ccc5cc(S)ccc5c4C3(C)C)=C2Cl)C(C)(C)c2c1ccc1cc(S(=O)(=O)O)ccc21. The zero-order valence-electron chi connectivity index (χ0n) is 28.1. The molecule has 0 bridgehead atoms. The van der Waals surface area contributed by atoms with Gasteiger partial charge in [-0.05, 0) is 114 Å². The van der Waals surface area contributed by atoms with Crippen LogP contribution in [0.1, 0.15) is 58.1 Å². The molecule has 2 aliphatic heterocycles. The molecule has 7 rings (SSSR count). The highest BCUT2D eigenvalue weighted by Crippen LogP contribution is 2.50. The van der Waals surface area contributed by atoms with E-state index in [-0.39, 0.29) is 15.7 Å². The Kier molecular flexibility index (Phi) is 7.87. The standard InChI is InChI=1S/C40H39ClN2O3S2/c1-39(2)34(42(5)32-18-10-26-22-28(47)14-16-30(26)36(32)39)20-12-24-8-7-9-25(38(24)41)13-21-35-40(3,4)37-31-17-15-29(48(44,45)46)23-27(31)11-19-33(37)43(35)6/h10-23H,7-9H2,1-6H3,(H-,44,45,46,47)/p+1. The first-order valence-electron chi connectivity index (χ1n) is 16.2. The first kappa shape index (κ1) is 32.9. The van der Waals surface area contributed by atoms with Crippen LogP contribution < -0.4 is 4.90 Å². The van der Waals surface area contributed by atoms with Crippen LogP contribution in [-0.2, 0) is 20.9 Å². The molecule has 2 heterocycles. The largest absolute Gasteiger partial charge is 0.347 e. The van der Waals surface area contributed by atoms with Crippen LogP contribution in [0.2, 0.25) is 0 Å². The summed E-state index contributed by atoms with van der Waals surface area (Å²) < 4.78 is 35.5. The van der Waals surface area contributed by atoms with Gasteiger partial charge in [-0.2, -0.15) is 13.0 Å². The van der Waals surface area contributed by atoms with Crippen LogP contribution in [0.3, 0.4) is 0 Å². The number of nitrogens with zero attached hydrogens (tertiary/aromatic N) is 2. The number of hydrogen-bond donors (Lipinski definition) is 2. The van der Waals surface area contributed by atoms with Crippen molar-refractivity contribution in [1.82, 2.24) is 0 Å². The Balaban J connectivity index is 1.21. The number of rotatable bonds is 4. The molecule has 1 aliphatic carbocycles. The van der Waals surface area contributed by atoms with Gasteiger partial charge >= 0.3 is 0 Å². The van der Waals surface area contributed by atoms with E-state index in [2.05, 4.69) is 119 Å². The second-order valence-electron chi connectivity index (χ2n) is 14.2. The van der Waals surface area contributed by atoms with Crippen molar-refractivity contribution in [2.45, 2.75) is 67.6 Å². The van der Waals surface area contributed by atoms with E-state index in [1.807, 2.05) is 12.1 Å². The predicted molar refractivity (Wildman–Crippen MR) is 202 cm³/mol. The molecular formula is C40H40ClN2O3S2+. The summed E-state index contributed by atoms with van der Waals surface area (Å²) >= 11 is 11.7. The minimum atomic E-state index is -4.29. The number of anilines is 1. The Morgan fingerprint density at radius 3 is 2.31 bits per heavy atom. The lowest BCUT2D eigenvalue weighted by atomic mass is 9.78. The van der Waals surface area contributed by atoms with Gasteiger partial charge in [-0.25, -0.2) is 0 Å². The lowest BCUT2D eigenvalue weighted by Crippen LogP contribution is -2.27. The molecule has 0 atom stereocenters. The number of thiol groups is 1. The van der Waals surface area contributed by atoms with Crippen LogP contribution in [0.15, 0.2) is 117 Å². The molecule has 8 heteroatoms. The van der Waals surface area contributed by atoms with Gasteiger partial charge in [0.2, 0.25) is 5.69 Å². The van der Waals surface area contributed by atoms with Crippen molar-refractivity contribution in [2.75, 3.05) is 19.0 Å². The topological polar surface area (TPSA) is 60.6 Å². The third kappa shape index (κ3) is 5.18. The quantitative estimate of drug-likeness (QED) is 0.127. The third-order valence-corrected chi connectivity index (χ3v) is 12.2. The van der Waals surface area contributed by atoms with Crippen LogP contribution in [0.25, 0.3) is 21.5 Å². The van der Waals surface area contributed by atoms with E-state index < -0.39 is 10.1 Å². The fraction of sp³-hybridized carbons (Fsp3) is 0.275. The lowest BCUT2D eigenvalue weighted by molar-refractivity contribution is -0.401. The van der Waals surface area contributed by atoms with E-state index in [0.717, 1.165) is 68.1 Å². The van der Waals surface area contributed by atoms with Gasteiger partial charge in [-0.15, -0.1) is 12.6 Å². The van der Waals surface area contributed by atoms with Gasteiger partial charge in [0.05, 0.1) is 10.3 Å². The molecule has 0 fully saturated rings. The Morgan fingerprint density at radius 1 is 0.875 bits per heavy atom. The van der Waals surface area contributed by atoms with Gasteiger partial charge in [-0.1, -0.05) is 55.8 Å². The molecule has 0 saturated carbocycles. The van der Waals surface area contributed by atoms with Crippen molar-refractivity contribution < 1.29 is 17.5 Å². The first-order valence-corrected chi connectivity index (χ1v) is 18.5. The second kappa shape index (κ2) is 11.5. The molecule has 4 aromatic rings. The summed E-state index contributed by atoms with van der Waals surface area (Å²) in [5.74, 6) is 0. The summed E-state index contributed by atoms with van der Waals surface area (Å²) in [7, 11) is -0.0707. The molecule has 0 spiro atoms. The van der Waals surface area contributed by atoms with Crippen molar-refractivity contribution in [1.29, 1.82) is 0 Å². The van der Waals surface area contributed by atoms with Gasteiger partial charge in [-0.3, -0.25) is 4.55 Å². The van der Waals surface area contributed by atoms with E-state index in [9.17, 15) is 13.0 Å². The fourth-order valence-electron chi connectivity index (χ4n) is 8.20. The number of likely N-dealkylation sites (N-methyl/N-ethyl adjacent to an activating group) is 1. The molecule has 0 radical (unpaired) electrons. The minimum absolute atomic E-state index is 0.102. The summed E-state index contributed by atoms with van der Waals surface area (Å²) in [5.41, 5.74) is 8.86. The van der Waals surface area contributed by atoms with Gasteiger partial charge in [0.15, 0.2) is 5.71 Å². The zero-order valence-corrected chi connectivity index (χ0v) is 30.6. The molecule has 0 amide bonds. The van der Waals surface area contributed by atoms with Crippen LogP contribution >= 0.6 is 24.2 Å². The normalized spacial score (nSPS) is 20.6. The molecule has 1 N–H and O–H groups in total. The maximum Gasteiger partial charge on any atom is 0.294 e. The molecule has 5 nitrogen and oxygen atoms in total. The van der Waals surface area contributed by atoms with Crippen LogP contribution in [0.4, 0.5) is 11.4 Å². The number of halogens is 1. The summed E-state index contributed by atoms with van der Waals surface area (Å²) in [6.45, 7) is 8.98. The average molecular weight is 696 g/mol. The van der Waals surface area contributed by atoms with E-state index in [1.165, 1.54) is 39.9 Å². The maximum atomic E-state index is 11.8. The number of allylic oxidation sites excluding steroid dienone is 8. The number of benzene rings is 4. The smallest absolute Gasteiger partial charge is 0.294 e. The maximum absolute atomic E-state index is 11.8. The lowest BCUT2D eigenvalue weighted by Gasteiger charge is -2.25. The van der Waals surface area contributed by atoms with Crippen LogP contribution in [0.5, 0.6) is 0 Å². The van der Waals surface area contributed by atoms with Crippen molar-refractivity contribution in [3.63, 3.8) is 0 Å². The summed E-state index contributed by atoms with van der Waals surface area (Å²) in [4.78, 5) is 3.07. The van der Waals surface area contributed by atoms with E-state index in [0.29, 0.717) is 0 Å². The minimum Gasteiger partial charge on any atom is -0.347 e. The molecular weight excluding hydrogens is 656 g/mol. The second-order valence-corrected chi connectivity index (χ2v) is 16.5. The highest BCUT2D eigenvalue weighted by molar-refractivity contribution is 7.85. The van der Waals surface area contributed by atoms with Crippen molar-refractivity contribution in [2.24, 2.45) is 0 Å². The molecule has 0 saturated heterocycles. The van der Waals surface area contributed by atoms with Gasteiger partial charge in [0, 0.05) is 51.5 Å². The van der Waals surface area contributed by atoms with Crippen LogP contribution in [0, 0.1) is 0 Å². The predicted octanol–water partition coefficient (Wildman–Crippen LogP) is 10.0. The molecule has 3 aliphatic rings. The fourth-order valence-corrected chi connectivity index (χ4v) is 9.24. The van der Waals surface area contributed by atoms with Gasteiger partial charge < -0.3 is 4.90 Å². The Hall–Kier alpha value is -3.62. The summed E-state index contributed by atoms with van der Waals surface area (Å²) in [6.07, 6.45) is 11.7. The highest BCUT2D eigenvalue weighted by Gasteiger charge is 2.44. The number of fused-ring (bicyclic) bond motifs is 6. The zero-order chi connectivity index (χ0) is 34.3. The molecule has 246 valence electrons. The van der Waals surface area contributed by atoms with E-state index in [4.69, 9.17) is 11.6 Å². The monoisotopic (exact) mass is 695 g/mol. The molecule has 48 heavy (non-hydrogen) atoms. The van der Waals surface area contributed by atoms with Crippen molar-refractivity contribution >= 4 is 73.0 Å². The van der Waals surface area contributed by atoms with Gasteiger partial charge in [0.25, 0.3) is 10.1 Å². The Labute approximate surface area is 293 Å². The van der Waals surface area contributed by atoms with Crippen LogP contribution in [-0.4, -0.2) is 37.4 Å². The molecule has 4 aromatic carbocycles. The van der Waals surface area contributed by atoms with Crippen molar-refractivity contribution in [3.8, 4) is 0 Å². The van der Waals surface area contributed by atoms with E-state index >= 15 is 0 Å². The third-order valence-electron chi connectivity index (χ3n) is 10.6. The van der Waals surface area contributed by atoms with Gasteiger partial charge in [0.1, 0.15) is 7.05 Å². The first-order chi connectivity index (χ1) is 22.6. The average Bonchev–Trinajstić information content (AvgIpc) is 3.35. The Morgan fingerprint density at radius 2 is 1.56 bits per heavy atom. The molecule has 0 aromatic heterocycles. The molecule has 0 unspecified atom stereocenters. The highest BCUT2D eigenvalue weighted by atomic mass is 35.5. The van der Waals surface area contributed by atoms with E-state index in [1.54, 1.807) is 6.07 Å².